The Balaban J connectivity index is 2.02. The number of hydrogen-bond acceptors (Lipinski definition) is 2. The second-order valence-electron chi connectivity index (χ2n) is 6.43. The predicted molar refractivity (Wildman–Crippen MR) is 95.9 cm³/mol. The molecule has 1 aliphatic heterocycles. The third-order valence-corrected chi connectivity index (χ3v) is 4.55. The number of allylic oxidation sites excluding steroid dienone is 4. The fourth-order valence-electron chi connectivity index (χ4n) is 3.03. The molecule has 130 valence electrons. The number of carbonyl (C=O) groups excluding carboxylic acids is 1. The van der Waals surface area contributed by atoms with Gasteiger partial charge in [0.15, 0.2) is 0 Å². The van der Waals surface area contributed by atoms with Crippen molar-refractivity contribution in [1.29, 1.82) is 0 Å². The van der Waals surface area contributed by atoms with Gasteiger partial charge in [-0.3, -0.25) is 4.79 Å². The van der Waals surface area contributed by atoms with Crippen LogP contribution in [0.25, 0.3) is 0 Å². The summed E-state index contributed by atoms with van der Waals surface area (Å²) in [5.41, 5.74) is 4.28. The van der Waals surface area contributed by atoms with Crippen molar-refractivity contribution in [2.75, 3.05) is 7.11 Å². The molecular weight excluding hydrogens is 317 g/mol. The molecule has 3 nitrogen and oxygen atoms in total. The van der Waals surface area contributed by atoms with E-state index in [1.54, 1.807) is 25.0 Å². The number of rotatable bonds is 3. The van der Waals surface area contributed by atoms with Crippen LogP contribution in [0.4, 0.5) is 4.39 Å². The van der Waals surface area contributed by atoms with Gasteiger partial charge in [-0.1, -0.05) is 29.9 Å². The zero-order chi connectivity index (χ0) is 18.0. The lowest BCUT2D eigenvalue weighted by Crippen LogP contribution is -2.29. The van der Waals surface area contributed by atoms with E-state index in [4.69, 9.17) is 4.74 Å². The van der Waals surface area contributed by atoms with Crippen LogP contribution in [-0.4, -0.2) is 17.9 Å². The number of fused-ring (bicyclic) bond motifs is 1. The molecule has 0 fully saturated rings. The van der Waals surface area contributed by atoms with Crippen molar-refractivity contribution in [3.63, 3.8) is 0 Å². The van der Waals surface area contributed by atoms with Crippen LogP contribution in [0, 0.1) is 12.7 Å². The molecule has 0 spiro atoms. The molecule has 25 heavy (non-hydrogen) atoms. The van der Waals surface area contributed by atoms with E-state index < -0.39 is 0 Å². The lowest BCUT2D eigenvalue weighted by atomic mass is 10.1. The number of ether oxygens (including phenoxy) is 1. The first-order valence-corrected chi connectivity index (χ1v) is 8.37. The van der Waals surface area contributed by atoms with Crippen LogP contribution in [0.2, 0.25) is 0 Å². The molecule has 1 amide bonds. The van der Waals surface area contributed by atoms with Crippen molar-refractivity contribution in [1.82, 2.24) is 4.90 Å². The monoisotopic (exact) mass is 339 g/mol. The summed E-state index contributed by atoms with van der Waals surface area (Å²) in [4.78, 5) is 14.4. The quantitative estimate of drug-likeness (QED) is 0.808. The van der Waals surface area contributed by atoms with E-state index in [0.717, 1.165) is 23.3 Å². The number of nitrogens with zero attached hydrogens (tertiary/aromatic N) is 1. The van der Waals surface area contributed by atoms with Gasteiger partial charge >= 0.3 is 0 Å². The van der Waals surface area contributed by atoms with Crippen molar-refractivity contribution < 1.29 is 13.9 Å². The highest BCUT2D eigenvalue weighted by Crippen LogP contribution is 2.32. The Kier molecular flexibility index (Phi) is 4.88. The summed E-state index contributed by atoms with van der Waals surface area (Å²) in [7, 11) is 1.62. The third kappa shape index (κ3) is 3.58. The number of carbonyl (C=O) groups is 1. The number of amides is 1. The molecule has 0 atom stereocenters. The smallest absolute Gasteiger partial charge is 0.231 e. The Morgan fingerprint density at radius 3 is 2.68 bits per heavy atom. The molecule has 0 aromatic heterocycles. The molecular formula is C21H22FNO2. The van der Waals surface area contributed by atoms with E-state index in [0.29, 0.717) is 17.9 Å². The summed E-state index contributed by atoms with van der Waals surface area (Å²) in [5, 5.41) is 0. The minimum Gasteiger partial charge on any atom is -0.496 e. The minimum atomic E-state index is -0.253. The molecule has 0 N–H and O–H groups in total. The standard InChI is InChI=1S/C21H22FNO2/c1-14-4-8-17-19(9-5-14)23(21(24)11-10-20(17)25-3)13-16-7-6-15(2)18(22)12-16/h5-10,12H,4,11,13H2,1-3H3. The molecule has 0 unspecified atom stereocenters. The van der Waals surface area contributed by atoms with Gasteiger partial charge in [0.25, 0.3) is 0 Å². The van der Waals surface area contributed by atoms with Gasteiger partial charge in [0.1, 0.15) is 11.6 Å². The largest absolute Gasteiger partial charge is 0.496 e. The number of methoxy groups -OCH3 is 1. The zero-order valence-corrected chi connectivity index (χ0v) is 14.8. The molecule has 2 aliphatic rings. The van der Waals surface area contributed by atoms with Gasteiger partial charge in [-0.15, -0.1) is 0 Å². The summed E-state index contributed by atoms with van der Waals surface area (Å²) in [5.74, 6) is 0.426. The molecule has 0 saturated heterocycles. The molecule has 3 rings (SSSR count). The van der Waals surface area contributed by atoms with Gasteiger partial charge in [0.05, 0.1) is 19.4 Å². The average molecular weight is 339 g/mol. The third-order valence-electron chi connectivity index (χ3n) is 4.55. The van der Waals surface area contributed by atoms with Gasteiger partial charge in [-0.25, -0.2) is 4.39 Å². The Morgan fingerprint density at radius 1 is 1.16 bits per heavy atom. The molecule has 1 aromatic carbocycles. The number of halogens is 1. The van der Waals surface area contributed by atoms with Gasteiger partial charge in [-0.2, -0.15) is 0 Å². The maximum Gasteiger partial charge on any atom is 0.231 e. The Labute approximate surface area is 147 Å². The van der Waals surface area contributed by atoms with Gasteiger partial charge in [0, 0.05) is 12.0 Å². The van der Waals surface area contributed by atoms with Crippen molar-refractivity contribution in [3.8, 4) is 0 Å². The van der Waals surface area contributed by atoms with Crippen LogP contribution in [-0.2, 0) is 16.1 Å². The molecule has 0 radical (unpaired) electrons. The first kappa shape index (κ1) is 17.2. The Morgan fingerprint density at radius 2 is 1.96 bits per heavy atom. The van der Waals surface area contributed by atoms with Crippen LogP contribution in [0.1, 0.15) is 30.9 Å². The molecule has 1 aromatic rings. The van der Waals surface area contributed by atoms with Crippen LogP contribution >= 0.6 is 0 Å². The minimum absolute atomic E-state index is 0.0295. The highest BCUT2D eigenvalue weighted by Gasteiger charge is 2.27. The first-order valence-electron chi connectivity index (χ1n) is 8.37. The maximum atomic E-state index is 13.9. The van der Waals surface area contributed by atoms with Crippen LogP contribution < -0.4 is 0 Å². The van der Waals surface area contributed by atoms with Crippen LogP contribution in [0.5, 0.6) is 0 Å². The topological polar surface area (TPSA) is 29.5 Å². The summed E-state index contributed by atoms with van der Waals surface area (Å²) in [6.07, 6.45) is 8.94. The highest BCUT2D eigenvalue weighted by atomic mass is 19.1. The van der Waals surface area contributed by atoms with Crippen molar-refractivity contribution in [2.24, 2.45) is 0 Å². The lowest BCUT2D eigenvalue weighted by molar-refractivity contribution is -0.128. The number of hydrogen-bond donors (Lipinski definition) is 0. The van der Waals surface area contributed by atoms with E-state index in [9.17, 15) is 9.18 Å². The first-order chi connectivity index (χ1) is 12.0. The Bertz CT molecular complexity index is 830. The highest BCUT2D eigenvalue weighted by molar-refractivity contribution is 5.82. The van der Waals surface area contributed by atoms with E-state index in [-0.39, 0.29) is 18.1 Å². The summed E-state index contributed by atoms with van der Waals surface area (Å²) in [6.45, 7) is 4.11. The molecule has 0 bridgehead atoms. The van der Waals surface area contributed by atoms with E-state index in [1.165, 1.54) is 11.6 Å². The second kappa shape index (κ2) is 7.09. The van der Waals surface area contributed by atoms with E-state index >= 15 is 0 Å². The lowest BCUT2D eigenvalue weighted by Gasteiger charge is -2.25. The normalized spacial score (nSPS) is 17.6. The molecule has 0 saturated carbocycles. The van der Waals surface area contributed by atoms with Crippen LogP contribution in [0.15, 0.2) is 65.1 Å². The molecule has 1 heterocycles. The van der Waals surface area contributed by atoms with E-state index in [2.05, 4.69) is 13.0 Å². The summed E-state index contributed by atoms with van der Waals surface area (Å²) >= 11 is 0. The Hall–Kier alpha value is -2.62. The van der Waals surface area contributed by atoms with Gasteiger partial charge in [-0.05, 0) is 49.6 Å². The second-order valence-corrected chi connectivity index (χ2v) is 6.43. The van der Waals surface area contributed by atoms with Crippen molar-refractivity contribution >= 4 is 5.91 Å². The predicted octanol–water partition coefficient (Wildman–Crippen LogP) is 4.56. The van der Waals surface area contributed by atoms with E-state index in [1.807, 2.05) is 24.3 Å². The summed E-state index contributed by atoms with van der Waals surface area (Å²) in [6, 6.07) is 5.11. The van der Waals surface area contributed by atoms with Crippen molar-refractivity contribution in [2.45, 2.75) is 33.2 Å². The average Bonchev–Trinajstić information content (AvgIpc) is 2.85. The van der Waals surface area contributed by atoms with Crippen molar-refractivity contribution in [3.05, 3.63) is 82.0 Å². The number of benzene rings is 1. The maximum absolute atomic E-state index is 13.9. The fraction of sp³-hybridized carbons (Fsp3) is 0.286. The summed E-state index contributed by atoms with van der Waals surface area (Å²) < 4.78 is 19.4. The zero-order valence-electron chi connectivity index (χ0n) is 14.8. The fourth-order valence-corrected chi connectivity index (χ4v) is 3.03. The molecule has 4 heteroatoms. The van der Waals surface area contributed by atoms with Gasteiger partial charge < -0.3 is 9.64 Å². The number of aryl methyl sites for hydroxylation is 1. The molecule has 1 aliphatic carbocycles. The van der Waals surface area contributed by atoms with Gasteiger partial charge in [0.2, 0.25) is 5.91 Å². The SMILES string of the molecule is COC1=CCC(=O)N(Cc2ccc(C)c(F)c2)C2=CC=C(C)CC=C12. The van der Waals surface area contributed by atoms with Crippen LogP contribution in [0.3, 0.4) is 0 Å².